The van der Waals surface area contributed by atoms with Gasteiger partial charge in [-0.15, -0.1) is 0 Å². The van der Waals surface area contributed by atoms with Crippen LogP contribution in [-0.4, -0.2) is 43.9 Å². The molecule has 6 nitrogen and oxygen atoms in total. The molecular weight excluding hydrogens is 296 g/mol. The number of hydrogen-bond acceptors (Lipinski definition) is 5. The summed E-state index contributed by atoms with van der Waals surface area (Å²) in [4.78, 5) is 11.9. The Balaban J connectivity index is 1.99. The van der Waals surface area contributed by atoms with Crippen LogP contribution in [0.25, 0.3) is 10.9 Å². The normalized spacial score (nSPS) is 17.4. The fraction of sp³-hybridized carbons (Fsp3) is 0.471. The van der Waals surface area contributed by atoms with Gasteiger partial charge < -0.3 is 24.1 Å². The lowest BCUT2D eigenvalue weighted by Crippen LogP contribution is -2.28. The number of esters is 1. The molecule has 1 aromatic carbocycles. The van der Waals surface area contributed by atoms with Crippen molar-refractivity contribution >= 4 is 16.9 Å². The number of ether oxygens (including phenoxy) is 3. The van der Waals surface area contributed by atoms with Crippen molar-refractivity contribution in [1.29, 1.82) is 0 Å². The van der Waals surface area contributed by atoms with Crippen LogP contribution in [0, 0.1) is 0 Å². The molecule has 3 rings (SSSR count). The predicted octanol–water partition coefficient (Wildman–Crippen LogP) is 2.10. The van der Waals surface area contributed by atoms with Crippen molar-refractivity contribution < 1.29 is 19.0 Å². The molecule has 1 aromatic heterocycles. The lowest BCUT2D eigenvalue weighted by atomic mass is 10.2. The Morgan fingerprint density at radius 1 is 1.35 bits per heavy atom. The highest BCUT2D eigenvalue weighted by atomic mass is 16.5. The molecule has 1 saturated heterocycles. The minimum absolute atomic E-state index is 0.380. The zero-order chi connectivity index (χ0) is 16.4. The van der Waals surface area contributed by atoms with Crippen molar-refractivity contribution in [2.24, 2.45) is 7.05 Å². The monoisotopic (exact) mass is 318 g/mol. The van der Waals surface area contributed by atoms with E-state index in [2.05, 4.69) is 5.32 Å². The molecular formula is C17H22N2O4. The highest BCUT2D eigenvalue weighted by Gasteiger charge is 2.20. The summed E-state index contributed by atoms with van der Waals surface area (Å²) < 4.78 is 18.1. The summed E-state index contributed by atoms with van der Waals surface area (Å²) in [6.45, 7) is 1.66. The van der Waals surface area contributed by atoms with Crippen molar-refractivity contribution in [2.45, 2.75) is 18.9 Å². The van der Waals surface area contributed by atoms with E-state index >= 15 is 0 Å². The van der Waals surface area contributed by atoms with Crippen molar-refractivity contribution in [3.63, 3.8) is 0 Å². The first kappa shape index (κ1) is 15.7. The van der Waals surface area contributed by atoms with E-state index in [0.29, 0.717) is 24.1 Å². The number of aromatic nitrogens is 1. The molecule has 0 amide bonds. The number of nitrogens with zero attached hydrogens (tertiary/aromatic N) is 1. The number of benzene rings is 1. The molecule has 0 saturated carbocycles. The molecule has 1 aliphatic rings. The maximum Gasteiger partial charge on any atom is 0.354 e. The molecule has 0 spiro atoms. The predicted molar refractivity (Wildman–Crippen MR) is 87.3 cm³/mol. The SMILES string of the molecule is COC(=O)c1cc2c(OC[C@@H]3CCCN3)ccc(OC)c2n1C. The molecule has 6 heteroatoms. The van der Waals surface area contributed by atoms with Gasteiger partial charge in [-0.25, -0.2) is 4.79 Å². The van der Waals surface area contributed by atoms with Crippen molar-refractivity contribution in [1.82, 2.24) is 9.88 Å². The third-order valence-corrected chi connectivity index (χ3v) is 4.33. The Bertz CT molecular complexity index is 717. The lowest BCUT2D eigenvalue weighted by Gasteiger charge is -2.14. The number of rotatable bonds is 5. The van der Waals surface area contributed by atoms with Crippen LogP contribution < -0.4 is 14.8 Å². The third kappa shape index (κ3) is 2.86. The number of carbonyl (C=O) groups excluding carboxylic acids is 1. The summed E-state index contributed by atoms with van der Waals surface area (Å²) in [5.74, 6) is 1.07. The van der Waals surface area contributed by atoms with E-state index in [0.717, 1.165) is 29.6 Å². The maximum atomic E-state index is 11.9. The molecule has 0 unspecified atom stereocenters. The largest absolute Gasteiger partial charge is 0.495 e. The molecule has 23 heavy (non-hydrogen) atoms. The molecule has 2 aromatic rings. The first-order valence-electron chi connectivity index (χ1n) is 7.76. The van der Waals surface area contributed by atoms with Gasteiger partial charge in [0, 0.05) is 18.5 Å². The van der Waals surface area contributed by atoms with Gasteiger partial charge in [0.05, 0.1) is 19.7 Å². The first-order valence-corrected chi connectivity index (χ1v) is 7.76. The van der Waals surface area contributed by atoms with E-state index in [1.54, 1.807) is 17.7 Å². The second kappa shape index (κ2) is 6.50. The van der Waals surface area contributed by atoms with Crippen LogP contribution in [-0.2, 0) is 11.8 Å². The van der Waals surface area contributed by atoms with Crippen LogP contribution in [0.5, 0.6) is 11.5 Å². The Kier molecular flexibility index (Phi) is 4.43. The summed E-state index contributed by atoms with van der Waals surface area (Å²) in [6.07, 6.45) is 2.31. The molecule has 1 atom stereocenters. The minimum Gasteiger partial charge on any atom is -0.495 e. The summed E-state index contributed by atoms with van der Waals surface area (Å²) in [6, 6.07) is 5.93. The van der Waals surface area contributed by atoms with Gasteiger partial charge in [-0.05, 0) is 37.6 Å². The second-order valence-corrected chi connectivity index (χ2v) is 5.71. The van der Waals surface area contributed by atoms with E-state index < -0.39 is 0 Å². The number of carbonyl (C=O) groups is 1. The second-order valence-electron chi connectivity index (χ2n) is 5.71. The average molecular weight is 318 g/mol. The molecule has 2 heterocycles. The lowest BCUT2D eigenvalue weighted by molar-refractivity contribution is 0.0590. The number of methoxy groups -OCH3 is 2. The van der Waals surface area contributed by atoms with Gasteiger partial charge in [0.2, 0.25) is 0 Å². The molecule has 1 aliphatic heterocycles. The smallest absolute Gasteiger partial charge is 0.354 e. The Morgan fingerprint density at radius 3 is 2.78 bits per heavy atom. The third-order valence-electron chi connectivity index (χ3n) is 4.33. The van der Waals surface area contributed by atoms with Crippen LogP contribution in [0.1, 0.15) is 23.3 Å². The average Bonchev–Trinajstić information content (AvgIpc) is 3.20. The van der Waals surface area contributed by atoms with Gasteiger partial charge in [-0.1, -0.05) is 0 Å². The van der Waals surface area contributed by atoms with Gasteiger partial charge in [-0.3, -0.25) is 0 Å². The number of nitrogens with one attached hydrogen (secondary N) is 1. The van der Waals surface area contributed by atoms with E-state index in [1.807, 2.05) is 19.2 Å². The molecule has 124 valence electrons. The van der Waals surface area contributed by atoms with Gasteiger partial charge in [0.15, 0.2) is 0 Å². The van der Waals surface area contributed by atoms with Gasteiger partial charge in [-0.2, -0.15) is 0 Å². The fourth-order valence-corrected chi connectivity index (χ4v) is 3.09. The Morgan fingerprint density at radius 2 is 2.13 bits per heavy atom. The Hall–Kier alpha value is -2.21. The minimum atomic E-state index is -0.380. The fourth-order valence-electron chi connectivity index (χ4n) is 3.09. The van der Waals surface area contributed by atoms with Gasteiger partial charge in [0.25, 0.3) is 0 Å². The summed E-state index contributed by atoms with van der Waals surface area (Å²) in [5, 5.41) is 4.26. The van der Waals surface area contributed by atoms with Crippen LogP contribution in [0.3, 0.4) is 0 Å². The number of aryl methyl sites for hydroxylation is 1. The van der Waals surface area contributed by atoms with Crippen molar-refractivity contribution in [3.05, 3.63) is 23.9 Å². The van der Waals surface area contributed by atoms with Crippen LogP contribution in [0.15, 0.2) is 18.2 Å². The molecule has 0 bridgehead atoms. The Labute approximate surface area is 135 Å². The van der Waals surface area contributed by atoms with Crippen LogP contribution in [0.4, 0.5) is 0 Å². The molecule has 1 N–H and O–H groups in total. The standard InChI is InChI=1S/C17H22N2O4/c1-19-13(17(20)22-3)9-12-14(6-7-15(21-2)16(12)19)23-10-11-5-4-8-18-11/h6-7,9,11,18H,4-5,8,10H2,1-3H3/t11-/m0/s1. The topological polar surface area (TPSA) is 61.7 Å². The van der Waals surface area contributed by atoms with E-state index in [-0.39, 0.29) is 5.97 Å². The maximum absolute atomic E-state index is 11.9. The number of hydrogen-bond donors (Lipinski definition) is 1. The van der Waals surface area contributed by atoms with Crippen molar-refractivity contribution in [3.8, 4) is 11.5 Å². The van der Waals surface area contributed by atoms with Gasteiger partial charge in [0.1, 0.15) is 23.8 Å². The zero-order valence-electron chi connectivity index (χ0n) is 13.7. The molecule has 0 radical (unpaired) electrons. The summed E-state index contributed by atoms with van der Waals surface area (Å²) in [7, 11) is 4.81. The van der Waals surface area contributed by atoms with Crippen molar-refractivity contribution in [2.75, 3.05) is 27.4 Å². The van der Waals surface area contributed by atoms with E-state index in [9.17, 15) is 4.79 Å². The molecule has 0 aliphatic carbocycles. The first-order chi connectivity index (χ1) is 11.2. The highest BCUT2D eigenvalue weighted by molar-refractivity contribution is 6.00. The highest BCUT2D eigenvalue weighted by Crippen LogP contribution is 2.35. The summed E-state index contributed by atoms with van der Waals surface area (Å²) in [5.41, 5.74) is 1.29. The summed E-state index contributed by atoms with van der Waals surface area (Å²) >= 11 is 0. The number of fused-ring (bicyclic) bond motifs is 1. The zero-order valence-corrected chi connectivity index (χ0v) is 13.7. The molecule has 1 fully saturated rings. The van der Waals surface area contributed by atoms with E-state index in [4.69, 9.17) is 14.2 Å². The van der Waals surface area contributed by atoms with Crippen LogP contribution in [0.2, 0.25) is 0 Å². The van der Waals surface area contributed by atoms with Crippen LogP contribution >= 0.6 is 0 Å². The van der Waals surface area contributed by atoms with Gasteiger partial charge >= 0.3 is 5.97 Å². The van der Waals surface area contributed by atoms with E-state index in [1.165, 1.54) is 13.5 Å². The quantitative estimate of drug-likeness (QED) is 0.856.